The number of ether oxygens (including phenoxy) is 5. The Balaban J connectivity index is 1.29. The summed E-state index contributed by atoms with van der Waals surface area (Å²) in [6.45, 7) is 11.8. The largest absolute Gasteiger partial charge is 0.481 e. The van der Waals surface area contributed by atoms with Gasteiger partial charge in [0.15, 0.2) is 0 Å². The first-order valence-electron chi connectivity index (χ1n) is 28.4. The molecule has 0 saturated carbocycles. The van der Waals surface area contributed by atoms with Crippen LogP contribution in [0.3, 0.4) is 0 Å². The molecule has 24 heteroatoms. The fraction of sp³-hybridized carbons (Fsp3) is 0.644. The molecule has 0 radical (unpaired) electrons. The van der Waals surface area contributed by atoms with Gasteiger partial charge in [-0.2, -0.15) is 0 Å². The van der Waals surface area contributed by atoms with Crippen molar-refractivity contribution in [3.05, 3.63) is 65.4 Å². The number of likely N-dealkylation sites (N-methyl/N-ethyl adjacent to an activating group) is 2. The Labute approximate surface area is 484 Å². The van der Waals surface area contributed by atoms with Gasteiger partial charge >= 0.3 is 18.0 Å². The van der Waals surface area contributed by atoms with Crippen LogP contribution in [-0.2, 0) is 67.2 Å². The molecule has 24 nitrogen and oxygen atoms in total. The fourth-order valence-electron chi connectivity index (χ4n) is 11.2. The Morgan fingerprint density at radius 1 is 0.843 bits per heavy atom. The Kier molecular flexibility index (Phi) is 25.1. The van der Waals surface area contributed by atoms with E-state index in [1.165, 1.54) is 38.3 Å². The molecule has 2 aliphatic rings. The predicted octanol–water partition coefficient (Wildman–Crippen LogP) is 3.49. The highest BCUT2D eigenvalue weighted by Crippen LogP contribution is 2.36. The molecule has 1 aromatic heterocycles. The highest BCUT2D eigenvalue weighted by molar-refractivity contribution is 5.92. The van der Waals surface area contributed by atoms with Crippen LogP contribution in [0.1, 0.15) is 104 Å². The Bertz CT molecular complexity index is 2650. The van der Waals surface area contributed by atoms with Gasteiger partial charge in [0, 0.05) is 59.7 Å². The van der Waals surface area contributed by atoms with Crippen LogP contribution < -0.4 is 15.4 Å². The number of likely N-dealkylation sites (tertiary alicyclic amines) is 1. The zero-order valence-electron chi connectivity index (χ0n) is 49.5. The van der Waals surface area contributed by atoms with Crippen molar-refractivity contribution in [3.8, 4) is 5.75 Å². The molecule has 0 bridgehead atoms. The van der Waals surface area contributed by atoms with Gasteiger partial charge in [0.1, 0.15) is 66.2 Å². The second-order valence-corrected chi connectivity index (χ2v) is 22.5. The molecule has 2 unspecified atom stereocenters. The zero-order valence-corrected chi connectivity index (χ0v) is 49.5. The van der Waals surface area contributed by atoms with E-state index in [0.717, 1.165) is 10.5 Å². The third-order valence-electron chi connectivity index (χ3n) is 16.0. The molecular weight excluding hydrogens is 1080 g/mol. The number of carboxylic acid groups (broad SMARTS) is 2. The van der Waals surface area contributed by atoms with Crippen molar-refractivity contribution in [2.45, 2.75) is 180 Å². The van der Waals surface area contributed by atoms with Crippen molar-refractivity contribution in [2.75, 3.05) is 41.5 Å². The number of fused-ring (bicyclic) bond motifs is 1. The summed E-state index contributed by atoms with van der Waals surface area (Å²) < 4.78 is 35.4. The maximum absolute atomic E-state index is 14.8. The minimum atomic E-state index is -1.73. The van der Waals surface area contributed by atoms with Gasteiger partial charge < -0.3 is 79.2 Å². The van der Waals surface area contributed by atoms with Crippen molar-refractivity contribution in [1.29, 1.82) is 0 Å². The third kappa shape index (κ3) is 16.9. The summed E-state index contributed by atoms with van der Waals surface area (Å²) in [7, 11) is 5.91. The Hall–Kier alpha value is -6.41. The average molecular weight is 1170 g/mol. The van der Waals surface area contributed by atoms with E-state index in [0.29, 0.717) is 42.5 Å². The van der Waals surface area contributed by atoms with Gasteiger partial charge in [-0.25, -0.2) is 9.59 Å². The maximum Gasteiger partial charge on any atom is 0.410 e. The number of amides is 5. The van der Waals surface area contributed by atoms with E-state index in [1.807, 2.05) is 19.9 Å². The van der Waals surface area contributed by atoms with Crippen molar-refractivity contribution in [3.63, 3.8) is 0 Å². The first kappa shape index (κ1) is 67.4. The summed E-state index contributed by atoms with van der Waals surface area (Å²) in [6.07, 6.45) is -8.45. The number of hydrogen-bond donors (Lipinski definition) is 8. The second-order valence-electron chi connectivity index (χ2n) is 22.5. The molecule has 14 atom stereocenters. The lowest BCUT2D eigenvalue weighted by Gasteiger charge is -2.41. The zero-order chi connectivity index (χ0) is 61.6. The number of aliphatic hydroxyl groups excluding tert-OH is 4. The van der Waals surface area contributed by atoms with E-state index in [-0.39, 0.29) is 55.3 Å². The molecule has 2 saturated heterocycles. The van der Waals surface area contributed by atoms with Gasteiger partial charge in [-0.05, 0) is 60.8 Å². The molecule has 462 valence electrons. The van der Waals surface area contributed by atoms with Crippen LogP contribution in [0.25, 0.3) is 11.0 Å². The molecule has 3 aromatic rings. The number of aliphatic hydroxyl groups is 4. The number of carbonyl (C=O) groups excluding carboxylic acids is 5. The van der Waals surface area contributed by atoms with Crippen molar-refractivity contribution in [2.24, 2.45) is 23.7 Å². The van der Waals surface area contributed by atoms with E-state index >= 15 is 0 Å². The number of aliphatic carboxylic acids is 2. The van der Waals surface area contributed by atoms with Crippen LogP contribution >= 0.6 is 0 Å². The summed E-state index contributed by atoms with van der Waals surface area (Å²) in [6, 6.07) is 8.87. The quantitative estimate of drug-likeness (QED) is 0.0474. The topological polar surface area (TPSA) is 334 Å². The Morgan fingerprint density at radius 3 is 2.12 bits per heavy atom. The number of benzene rings is 2. The number of hydrogen-bond acceptors (Lipinski definition) is 17. The third-order valence-corrected chi connectivity index (χ3v) is 16.0. The highest BCUT2D eigenvalue weighted by Gasteiger charge is 2.46. The maximum atomic E-state index is 14.8. The molecule has 0 aliphatic carbocycles. The number of aryl methyl sites for hydroxylation is 1. The fourth-order valence-corrected chi connectivity index (χ4v) is 11.2. The van der Waals surface area contributed by atoms with Gasteiger partial charge in [-0.3, -0.25) is 28.9 Å². The number of nitrogens with one attached hydrogen (secondary N) is 2. The predicted molar refractivity (Wildman–Crippen MR) is 300 cm³/mol. The van der Waals surface area contributed by atoms with E-state index < -0.39 is 140 Å². The van der Waals surface area contributed by atoms with E-state index in [4.69, 9.17) is 28.1 Å². The molecule has 0 spiro atoms. The van der Waals surface area contributed by atoms with Gasteiger partial charge in [-0.1, -0.05) is 85.2 Å². The van der Waals surface area contributed by atoms with Gasteiger partial charge in [0.25, 0.3) is 0 Å². The minimum absolute atomic E-state index is 0.0744. The van der Waals surface area contributed by atoms with Crippen LogP contribution in [0.2, 0.25) is 0 Å². The standard InChI is InChI=1S/C59H87N5O19/c1-12-33(6)48(42(78-10)28-44(66)64-25-17-21-40(64)52(79-11)34(7)54(72)60-39(57(75)76)26-35-18-14-13-15-19-35)62(8)56(74)46(31(2)3)61-55(73)47(32(4)5)63(9)59(77)80-30-36-23-24-41(38-27-37(81-53(36)38)20-16-22-45(67)68)82-58-51(71)50(70)49(69)43(29-65)83-58/h13-15,18-19,23-24,27,31-34,39-40,42-43,46-52,58,65,69-71H,12,16-17,20-22,25-26,28-30H2,1-11H3,(H,60,72)(H,61,73)(H,67,68)(H,75,76)/t33?,34-,39?,40+,42-,43-,46+,47+,48+,49+,50+,51-,52-,58-/m1/s1. The molecule has 2 fully saturated rings. The van der Waals surface area contributed by atoms with Gasteiger partial charge in [-0.15, -0.1) is 0 Å². The van der Waals surface area contributed by atoms with E-state index in [1.54, 1.807) is 76.9 Å². The number of carboxylic acids is 2. The van der Waals surface area contributed by atoms with Crippen molar-refractivity contribution < 1.29 is 92.3 Å². The first-order valence-corrected chi connectivity index (χ1v) is 28.4. The number of carbonyl (C=O) groups is 7. The molecule has 3 heterocycles. The van der Waals surface area contributed by atoms with Crippen molar-refractivity contribution in [1.82, 2.24) is 25.3 Å². The summed E-state index contributed by atoms with van der Waals surface area (Å²) in [5.74, 6) is -5.70. The molecule has 5 rings (SSSR count). The molecule has 8 N–H and O–H groups in total. The van der Waals surface area contributed by atoms with Crippen molar-refractivity contribution >= 4 is 52.6 Å². The lowest BCUT2D eigenvalue weighted by atomic mass is 9.89. The van der Waals surface area contributed by atoms with Crippen LogP contribution in [-0.4, -0.2) is 202 Å². The number of methoxy groups -OCH3 is 2. The average Bonchev–Trinajstić information content (AvgIpc) is 3.57. The summed E-state index contributed by atoms with van der Waals surface area (Å²) in [5, 5.41) is 66.2. The van der Waals surface area contributed by atoms with E-state index in [2.05, 4.69) is 10.6 Å². The minimum Gasteiger partial charge on any atom is -0.481 e. The Morgan fingerprint density at radius 2 is 1.53 bits per heavy atom. The normalized spacial score (nSPS) is 22.0. The summed E-state index contributed by atoms with van der Waals surface area (Å²) in [5.41, 5.74) is 1.24. The number of rotatable bonds is 30. The van der Waals surface area contributed by atoms with Crippen LogP contribution in [0.5, 0.6) is 5.75 Å². The lowest BCUT2D eigenvalue weighted by Crippen LogP contribution is -2.60. The molecule has 2 aromatic carbocycles. The van der Waals surface area contributed by atoms with Crippen LogP contribution in [0.4, 0.5) is 4.79 Å². The first-order chi connectivity index (χ1) is 39.3. The summed E-state index contributed by atoms with van der Waals surface area (Å²) in [4.78, 5) is 99.2. The summed E-state index contributed by atoms with van der Waals surface area (Å²) >= 11 is 0. The molecule has 5 amide bonds. The number of nitrogens with zero attached hydrogens (tertiary/aromatic N) is 3. The smallest absolute Gasteiger partial charge is 0.410 e. The highest BCUT2D eigenvalue weighted by atomic mass is 16.7. The van der Waals surface area contributed by atoms with Gasteiger partial charge in [0.2, 0.25) is 29.9 Å². The van der Waals surface area contributed by atoms with Crippen LogP contribution in [0.15, 0.2) is 52.9 Å². The molecule has 2 aliphatic heterocycles. The molecule has 83 heavy (non-hydrogen) atoms. The second kappa shape index (κ2) is 30.9. The van der Waals surface area contributed by atoms with Crippen LogP contribution in [0, 0.1) is 23.7 Å². The van der Waals surface area contributed by atoms with E-state index in [9.17, 15) is 64.2 Å². The van der Waals surface area contributed by atoms with Gasteiger partial charge in [0.05, 0.1) is 48.6 Å². The molecular formula is C59H87N5O19. The lowest BCUT2D eigenvalue weighted by molar-refractivity contribution is -0.277. The monoisotopic (exact) mass is 1170 g/mol. The number of furan rings is 1. The SMILES string of the molecule is CCC(C)[C@@H]([C@@H](CC(=O)N1CCC[C@H]1[C@H](OC)[C@@H](C)C(=O)NC(Cc1ccccc1)C(=O)O)OC)N(C)C(=O)[C@@H](NC(=O)[C@H](C(C)C)N(C)C(=O)OCc1ccc(O[C@@H]2O[C@H](CO)[C@H](O)[C@H](O)[C@H]2O)c2cc(CCCC(=O)O)oc12)C(C)C.